The third kappa shape index (κ3) is 2.34. The van der Waals surface area contributed by atoms with Crippen LogP contribution in [0.15, 0.2) is 24.3 Å². The summed E-state index contributed by atoms with van der Waals surface area (Å²) in [4.78, 5) is 12.7. The number of carbonyl (C=O) groups is 1. The highest BCUT2D eigenvalue weighted by Gasteiger charge is 2.49. The van der Waals surface area contributed by atoms with Gasteiger partial charge in [0.2, 0.25) is 5.91 Å². The van der Waals surface area contributed by atoms with Gasteiger partial charge in [0.1, 0.15) is 0 Å². The van der Waals surface area contributed by atoms with Crippen LogP contribution in [-0.4, -0.2) is 23.2 Å². The normalized spacial score (nSPS) is 38.5. The van der Waals surface area contributed by atoms with Crippen molar-refractivity contribution >= 4 is 18.3 Å². The first-order chi connectivity index (χ1) is 10.1. The molecule has 6 atom stereocenters. The molecule has 0 aromatic heterocycles. The zero-order valence-corrected chi connectivity index (χ0v) is 13.3. The average Bonchev–Trinajstić information content (AvgIpc) is 3.13. The molecule has 0 aliphatic heterocycles. The number of aliphatic hydroxyl groups excluding tert-OH is 1. The molecule has 3 aliphatic carbocycles. The Hall–Kier alpha value is -1.10. The number of hydrogen-bond donors (Lipinski definition) is 3. The summed E-state index contributed by atoms with van der Waals surface area (Å²) < 4.78 is 0. The summed E-state index contributed by atoms with van der Waals surface area (Å²) in [5.41, 5.74) is 8.43. The summed E-state index contributed by atoms with van der Waals surface area (Å²) in [6, 6.07) is 7.67. The molecule has 1 amide bonds. The van der Waals surface area contributed by atoms with Gasteiger partial charge in [-0.1, -0.05) is 24.3 Å². The van der Waals surface area contributed by atoms with Gasteiger partial charge in [0.25, 0.3) is 0 Å². The van der Waals surface area contributed by atoms with E-state index in [-0.39, 0.29) is 36.3 Å². The van der Waals surface area contributed by atoms with Crippen molar-refractivity contribution in [3.63, 3.8) is 0 Å². The monoisotopic (exact) mass is 322 g/mol. The average molecular weight is 323 g/mol. The van der Waals surface area contributed by atoms with E-state index in [2.05, 4.69) is 5.32 Å². The first-order valence-electron chi connectivity index (χ1n) is 7.97. The van der Waals surface area contributed by atoms with Crippen molar-refractivity contribution in [3.8, 4) is 0 Å². The highest BCUT2D eigenvalue weighted by atomic mass is 35.5. The number of nitrogens with one attached hydrogen (secondary N) is 1. The van der Waals surface area contributed by atoms with Crippen LogP contribution >= 0.6 is 12.4 Å². The Morgan fingerprint density at radius 1 is 1.23 bits per heavy atom. The molecular weight excluding hydrogens is 300 g/mol. The fraction of sp³-hybridized carbons (Fsp3) is 0.588. The number of amides is 1. The lowest BCUT2D eigenvalue weighted by atomic mass is 9.84. The molecule has 120 valence electrons. The molecule has 1 aromatic carbocycles. The van der Waals surface area contributed by atoms with E-state index in [1.807, 2.05) is 24.3 Å². The zero-order chi connectivity index (χ0) is 14.6. The first kappa shape index (κ1) is 15.8. The van der Waals surface area contributed by atoms with Gasteiger partial charge >= 0.3 is 0 Å². The first-order valence-corrected chi connectivity index (χ1v) is 7.97. The minimum Gasteiger partial charge on any atom is -0.390 e. The molecule has 5 heteroatoms. The highest BCUT2D eigenvalue weighted by molar-refractivity contribution is 5.85. The largest absolute Gasteiger partial charge is 0.390 e. The number of fused-ring (bicyclic) bond motifs is 3. The highest BCUT2D eigenvalue weighted by Crippen LogP contribution is 2.48. The predicted octanol–water partition coefficient (Wildman–Crippen LogP) is 1.56. The van der Waals surface area contributed by atoms with Crippen LogP contribution in [0.1, 0.15) is 36.4 Å². The molecular formula is C17H23ClN2O2. The summed E-state index contributed by atoms with van der Waals surface area (Å²) in [7, 11) is 0. The molecule has 0 spiro atoms. The van der Waals surface area contributed by atoms with Crippen LogP contribution in [0, 0.1) is 17.8 Å². The number of halogens is 1. The summed E-state index contributed by atoms with van der Waals surface area (Å²) in [5, 5.41) is 13.3. The number of rotatable bonds is 2. The Kier molecular flexibility index (Phi) is 4.19. The van der Waals surface area contributed by atoms with E-state index in [1.165, 1.54) is 6.42 Å². The second-order valence-electron chi connectivity index (χ2n) is 6.89. The minimum absolute atomic E-state index is 0. The van der Waals surface area contributed by atoms with Gasteiger partial charge in [0.15, 0.2) is 0 Å². The van der Waals surface area contributed by atoms with Crippen LogP contribution in [0.25, 0.3) is 0 Å². The van der Waals surface area contributed by atoms with Crippen LogP contribution in [0.2, 0.25) is 0 Å². The second-order valence-corrected chi connectivity index (χ2v) is 6.89. The molecule has 4 rings (SSSR count). The second kappa shape index (κ2) is 5.84. The standard InChI is InChI=1S/C17H22N2O2.ClH/c18-15-11-6-5-10(7-11)14(15)17(21)19-16-12-4-2-1-3-9(12)8-13(16)20;/h1-4,10-11,13-16,20H,5-8,18H2,(H,19,21);1H/t10?,11?,13-,14?,15?,16+;/m1./s1. The third-order valence-electron chi connectivity index (χ3n) is 5.79. The summed E-state index contributed by atoms with van der Waals surface area (Å²) in [5.74, 6) is 0.935. The van der Waals surface area contributed by atoms with Crippen molar-refractivity contribution in [2.45, 2.75) is 43.9 Å². The van der Waals surface area contributed by atoms with Crippen LogP contribution in [0.5, 0.6) is 0 Å². The Morgan fingerprint density at radius 3 is 2.68 bits per heavy atom. The third-order valence-corrected chi connectivity index (χ3v) is 5.79. The van der Waals surface area contributed by atoms with Crippen molar-refractivity contribution in [2.75, 3.05) is 0 Å². The number of carbonyl (C=O) groups excluding carboxylic acids is 1. The lowest BCUT2D eigenvalue weighted by molar-refractivity contribution is -0.128. The Balaban J connectivity index is 0.00000144. The van der Waals surface area contributed by atoms with Gasteiger partial charge in [-0.2, -0.15) is 0 Å². The summed E-state index contributed by atoms with van der Waals surface area (Å²) in [6.45, 7) is 0. The van der Waals surface area contributed by atoms with Gasteiger partial charge in [0, 0.05) is 12.5 Å². The van der Waals surface area contributed by atoms with Crippen molar-refractivity contribution < 1.29 is 9.90 Å². The molecule has 2 fully saturated rings. The van der Waals surface area contributed by atoms with E-state index in [0.29, 0.717) is 18.3 Å². The van der Waals surface area contributed by atoms with Crippen LogP contribution in [-0.2, 0) is 11.2 Å². The maximum atomic E-state index is 12.7. The van der Waals surface area contributed by atoms with Gasteiger partial charge < -0.3 is 16.2 Å². The number of nitrogens with two attached hydrogens (primary N) is 1. The summed E-state index contributed by atoms with van der Waals surface area (Å²) >= 11 is 0. The van der Waals surface area contributed by atoms with E-state index in [4.69, 9.17) is 5.73 Å². The van der Waals surface area contributed by atoms with Crippen LogP contribution < -0.4 is 11.1 Å². The topological polar surface area (TPSA) is 75.4 Å². The SMILES string of the molecule is Cl.NC1C2CCC(C2)C1C(=O)N[C@H]1c2ccccc2C[C@H]1O. The number of aliphatic hydroxyl groups is 1. The molecule has 0 heterocycles. The fourth-order valence-electron chi connectivity index (χ4n) is 4.72. The Labute approximate surface area is 136 Å². The van der Waals surface area contributed by atoms with Crippen molar-refractivity contribution in [1.29, 1.82) is 0 Å². The molecule has 4 unspecified atom stereocenters. The molecule has 4 nitrogen and oxygen atoms in total. The van der Waals surface area contributed by atoms with Crippen molar-refractivity contribution in [1.82, 2.24) is 5.32 Å². The van der Waals surface area contributed by atoms with E-state index >= 15 is 0 Å². The summed E-state index contributed by atoms with van der Waals surface area (Å²) in [6.07, 6.45) is 3.48. The molecule has 2 bridgehead atoms. The molecule has 0 radical (unpaired) electrons. The van der Waals surface area contributed by atoms with Gasteiger partial charge in [-0.05, 0) is 42.2 Å². The van der Waals surface area contributed by atoms with Crippen molar-refractivity contribution in [2.24, 2.45) is 23.5 Å². The quantitative estimate of drug-likeness (QED) is 0.773. The van der Waals surface area contributed by atoms with Gasteiger partial charge in [-0.15, -0.1) is 12.4 Å². The zero-order valence-electron chi connectivity index (χ0n) is 12.4. The molecule has 1 aromatic rings. The predicted molar refractivity (Wildman–Crippen MR) is 86.6 cm³/mol. The molecule has 0 saturated heterocycles. The molecule has 3 aliphatic rings. The minimum atomic E-state index is -0.527. The van der Waals surface area contributed by atoms with Crippen LogP contribution in [0.3, 0.4) is 0 Å². The Bertz CT molecular complexity index is 578. The molecule has 2 saturated carbocycles. The maximum Gasteiger partial charge on any atom is 0.225 e. The van der Waals surface area contributed by atoms with E-state index in [9.17, 15) is 9.90 Å². The van der Waals surface area contributed by atoms with E-state index in [0.717, 1.165) is 24.0 Å². The van der Waals surface area contributed by atoms with Crippen LogP contribution in [0.4, 0.5) is 0 Å². The van der Waals surface area contributed by atoms with Gasteiger partial charge in [-0.3, -0.25) is 4.79 Å². The number of benzene rings is 1. The maximum absolute atomic E-state index is 12.7. The molecule has 22 heavy (non-hydrogen) atoms. The van der Waals surface area contributed by atoms with Gasteiger partial charge in [-0.25, -0.2) is 0 Å². The lowest BCUT2D eigenvalue weighted by Gasteiger charge is -2.29. The Morgan fingerprint density at radius 2 is 1.95 bits per heavy atom. The van der Waals surface area contributed by atoms with E-state index < -0.39 is 6.10 Å². The smallest absolute Gasteiger partial charge is 0.225 e. The molecule has 4 N–H and O–H groups in total. The fourth-order valence-corrected chi connectivity index (χ4v) is 4.72. The van der Waals surface area contributed by atoms with Gasteiger partial charge in [0.05, 0.1) is 18.1 Å². The van der Waals surface area contributed by atoms with Crippen molar-refractivity contribution in [3.05, 3.63) is 35.4 Å². The number of hydrogen-bond acceptors (Lipinski definition) is 3. The van der Waals surface area contributed by atoms with E-state index in [1.54, 1.807) is 0 Å². The lowest BCUT2D eigenvalue weighted by Crippen LogP contribution is -2.47.